The summed E-state index contributed by atoms with van der Waals surface area (Å²) in [5.74, 6) is 1.89. The summed E-state index contributed by atoms with van der Waals surface area (Å²) in [6.45, 7) is 3.04. The molecule has 1 amide bonds. The first kappa shape index (κ1) is 11.9. The molecule has 7 nitrogen and oxygen atoms in total. The quantitative estimate of drug-likeness (QED) is 0.886. The number of hydrogen-bond donors (Lipinski definition) is 1. The van der Waals surface area contributed by atoms with Gasteiger partial charge in [0.25, 0.3) is 0 Å². The number of rotatable bonds is 3. The van der Waals surface area contributed by atoms with E-state index in [0.29, 0.717) is 12.2 Å². The van der Waals surface area contributed by atoms with Gasteiger partial charge in [0, 0.05) is 26.1 Å². The fraction of sp³-hybridized carbons (Fsp3) is 0.500. The van der Waals surface area contributed by atoms with Gasteiger partial charge in [-0.15, -0.1) is 10.2 Å². The Bertz CT molecular complexity index is 599. The van der Waals surface area contributed by atoms with Crippen molar-refractivity contribution >= 4 is 11.6 Å². The number of nitrogens with zero attached hydrogens (tertiary/aromatic N) is 5. The average molecular weight is 260 g/mol. The lowest BCUT2D eigenvalue weighted by molar-refractivity contribution is -0.114. The summed E-state index contributed by atoms with van der Waals surface area (Å²) in [4.78, 5) is 11.0. The van der Waals surface area contributed by atoms with Gasteiger partial charge in [-0.2, -0.15) is 5.10 Å². The van der Waals surface area contributed by atoms with Gasteiger partial charge in [0.1, 0.15) is 12.4 Å². The van der Waals surface area contributed by atoms with Crippen molar-refractivity contribution in [2.24, 2.45) is 0 Å². The van der Waals surface area contributed by atoms with Crippen molar-refractivity contribution in [3.63, 3.8) is 0 Å². The molecule has 0 aliphatic carbocycles. The molecule has 0 unspecified atom stereocenters. The van der Waals surface area contributed by atoms with Crippen LogP contribution in [0.3, 0.4) is 0 Å². The summed E-state index contributed by atoms with van der Waals surface area (Å²) < 4.78 is 3.93. The zero-order valence-corrected chi connectivity index (χ0v) is 10.8. The molecule has 1 aliphatic heterocycles. The third kappa shape index (κ3) is 2.49. The molecule has 1 aliphatic rings. The van der Waals surface area contributed by atoms with E-state index in [9.17, 15) is 4.79 Å². The van der Waals surface area contributed by atoms with Gasteiger partial charge < -0.3 is 9.88 Å². The van der Waals surface area contributed by atoms with Gasteiger partial charge in [-0.05, 0) is 12.8 Å². The Morgan fingerprint density at radius 3 is 3.16 bits per heavy atom. The van der Waals surface area contributed by atoms with E-state index >= 15 is 0 Å². The number of hydrogen-bond acceptors (Lipinski definition) is 4. The molecule has 0 fully saturated rings. The number of aryl methyl sites for hydroxylation is 1. The van der Waals surface area contributed by atoms with E-state index in [1.54, 1.807) is 17.1 Å². The minimum absolute atomic E-state index is 0.0978. The highest BCUT2D eigenvalue weighted by Gasteiger charge is 2.16. The van der Waals surface area contributed by atoms with Crippen molar-refractivity contribution in [2.45, 2.75) is 39.3 Å². The summed E-state index contributed by atoms with van der Waals surface area (Å²) in [5.41, 5.74) is 0.700. The summed E-state index contributed by atoms with van der Waals surface area (Å²) in [6, 6.07) is 0. The number of carbonyl (C=O) groups is 1. The second-order valence-corrected chi connectivity index (χ2v) is 4.75. The molecule has 2 aromatic heterocycles. The molecule has 0 saturated carbocycles. The molecule has 2 aromatic rings. The lowest BCUT2D eigenvalue weighted by Gasteiger charge is -2.14. The predicted octanol–water partition coefficient (Wildman–Crippen LogP) is 0.818. The molecule has 100 valence electrons. The van der Waals surface area contributed by atoms with E-state index in [4.69, 9.17) is 0 Å². The first-order valence-electron chi connectivity index (χ1n) is 6.43. The largest absolute Gasteiger partial charge is 0.324 e. The maximum absolute atomic E-state index is 11.0. The van der Waals surface area contributed by atoms with Crippen molar-refractivity contribution in [2.75, 3.05) is 5.32 Å². The first-order chi connectivity index (χ1) is 9.22. The third-order valence-corrected chi connectivity index (χ3v) is 3.19. The van der Waals surface area contributed by atoms with Gasteiger partial charge >= 0.3 is 0 Å². The SMILES string of the molecule is CC(=O)Nc1cnn(Cc2nnc3n2CCCC3)c1. The van der Waals surface area contributed by atoms with Crippen LogP contribution in [0.1, 0.15) is 31.4 Å². The topological polar surface area (TPSA) is 77.6 Å². The van der Waals surface area contributed by atoms with Gasteiger partial charge in [0.15, 0.2) is 5.82 Å². The summed E-state index contributed by atoms with van der Waals surface area (Å²) >= 11 is 0. The van der Waals surface area contributed by atoms with Crippen LogP contribution in [0.15, 0.2) is 12.4 Å². The lowest BCUT2D eigenvalue weighted by atomic mass is 10.2. The van der Waals surface area contributed by atoms with Crippen LogP contribution < -0.4 is 5.32 Å². The van der Waals surface area contributed by atoms with E-state index in [1.165, 1.54) is 19.8 Å². The van der Waals surface area contributed by atoms with Crippen LogP contribution in [0.5, 0.6) is 0 Å². The van der Waals surface area contributed by atoms with Crippen molar-refractivity contribution in [1.82, 2.24) is 24.5 Å². The molecule has 0 spiro atoms. The minimum atomic E-state index is -0.0978. The average Bonchev–Trinajstić information content (AvgIpc) is 2.97. The summed E-state index contributed by atoms with van der Waals surface area (Å²) in [6.07, 6.45) is 6.80. The Hall–Kier alpha value is -2.18. The molecular formula is C12H16N6O. The molecule has 0 aromatic carbocycles. The minimum Gasteiger partial charge on any atom is -0.324 e. The summed E-state index contributed by atoms with van der Waals surface area (Å²) in [5, 5.41) is 15.4. The van der Waals surface area contributed by atoms with Crippen molar-refractivity contribution < 1.29 is 4.79 Å². The van der Waals surface area contributed by atoms with Crippen LogP contribution in [0.4, 0.5) is 5.69 Å². The Balaban J connectivity index is 1.76. The van der Waals surface area contributed by atoms with Gasteiger partial charge in [0.2, 0.25) is 5.91 Å². The zero-order valence-electron chi connectivity index (χ0n) is 10.8. The molecule has 0 saturated heterocycles. The molecule has 0 bridgehead atoms. The molecule has 7 heteroatoms. The van der Waals surface area contributed by atoms with Crippen molar-refractivity contribution in [1.29, 1.82) is 0 Å². The zero-order chi connectivity index (χ0) is 13.2. The number of aromatic nitrogens is 5. The summed E-state index contributed by atoms with van der Waals surface area (Å²) in [7, 11) is 0. The normalized spacial score (nSPS) is 14.2. The van der Waals surface area contributed by atoms with Crippen LogP contribution in [0, 0.1) is 0 Å². The van der Waals surface area contributed by atoms with E-state index in [-0.39, 0.29) is 5.91 Å². The second kappa shape index (κ2) is 4.83. The molecule has 0 atom stereocenters. The lowest BCUT2D eigenvalue weighted by Crippen LogP contribution is -2.15. The maximum Gasteiger partial charge on any atom is 0.221 e. The van der Waals surface area contributed by atoms with Gasteiger partial charge in [-0.1, -0.05) is 0 Å². The monoisotopic (exact) mass is 260 g/mol. The van der Waals surface area contributed by atoms with Gasteiger partial charge in [-0.25, -0.2) is 0 Å². The van der Waals surface area contributed by atoms with E-state index in [0.717, 1.165) is 24.6 Å². The standard InChI is InChI=1S/C12H16N6O/c1-9(19)14-10-6-13-17(7-10)8-12-16-15-11-4-2-3-5-18(11)12/h6-7H,2-5,8H2,1H3,(H,14,19). The van der Waals surface area contributed by atoms with Crippen LogP contribution in [0.2, 0.25) is 0 Å². The highest BCUT2D eigenvalue weighted by Crippen LogP contribution is 2.15. The van der Waals surface area contributed by atoms with E-state index in [1.807, 2.05) is 0 Å². The van der Waals surface area contributed by atoms with E-state index in [2.05, 4.69) is 25.2 Å². The molecular weight excluding hydrogens is 244 g/mol. The molecule has 0 radical (unpaired) electrons. The number of carbonyl (C=O) groups excluding carboxylic acids is 1. The molecule has 1 N–H and O–H groups in total. The maximum atomic E-state index is 11.0. The van der Waals surface area contributed by atoms with Gasteiger partial charge in [-0.3, -0.25) is 9.48 Å². The van der Waals surface area contributed by atoms with Crippen LogP contribution >= 0.6 is 0 Å². The highest BCUT2D eigenvalue weighted by molar-refractivity contribution is 5.88. The fourth-order valence-corrected chi connectivity index (χ4v) is 2.35. The first-order valence-corrected chi connectivity index (χ1v) is 6.43. The highest BCUT2D eigenvalue weighted by atomic mass is 16.1. The number of fused-ring (bicyclic) bond motifs is 1. The Labute approximate surface area is 110 Å². The predicted molar refractivity (Wildman–Crippen MR) is 68.6 cm³/mol. The van der Waals surface area contributed by atoms with Crippen molar-refractivity contribution in [3.05, 3.63) is 24.0 Å². The molecule has 3 heterocycles. The third-order valence-electron chi connectivity index (χ3n) is 3.19. The molecule has 19 heavy (non-hydrogen) atoms. The van der Waals surface area contributed by atoms with Gasteiger partial charge in [0.05, 0.1) is 11.9 Å². The van der Waals surface area contributed by atoms with Crippen LogP contribution in [-0.2, 0) is 24.3 Å². The Kier molecular flexibility index (Phi) is 3.02. The van der Waals surface area contributed by atoms with Crippen LogP contribution in [0.25, 0.3) is 0 Å². The Morgan fingerprint density at radius 1 is 1.42 bits per heavy atom. The Morgan fingerprint density at radius 2 is 2.32 bits per heavy atom. The van der Waals surface area contributed by atoms with Crippen molar-refractivity contribution in [3.8, 4) is 0 Å². The van der Waals surface area contributed by atoms with Crippen LogP contribution in [-0.4, -0.2) is 30.5 Å². The smallest absolute Gasteiger partial charge is 0.221 e. The fourth-order valence-electron chi connectivity index (χ4n) is 2.35. The number of anilines is 1. The van der Waals surface area contributed by atoms with E-state index < -0.39 is 0 Å². The second-order valence-electron chi connectivity index (χ2n) is 4.75. The number of amides is 1. The number of nitrogens with one attached hydrogen (secondary N) is 1. The molecule has 3 rings (SSSR count).